The van der Waals surface area contributed by atoms with Crippen LogP contribution in [-0.2, 0) is 13.6 Å². The van der Waals surface area contributed by atoms with E-state index < -0.39 is 0 Å². The van der Waals surface area contributed by atoms with Gasteiger partial charge in [0.25, 0.3) is 0 Å². The summed E-state index contributed by atoms with van der Waals surface area (Å²) < 4.78 is 2.36. The van der Waals surface area contributed by atoms with Crippen molar-refractivity contribution in [2.45, 2.75) is 33.7 Å². The lowest BCUT2D eigenvalue weighted by Crippen LogP contribution is -2.41. The Hall–Kier alpha value is -1.28. The summed E-state index contributed by atoms with van der Waals surface area (Å²) in [4.78, 5) is 2.66. The summed E-state index contributed by atoms with van der Waals surface area (Å²) in [5, 5.41) is 1.36. The molecule has 1 aliphatic rings. The van der Waals surface area contributed by atoms with Gasteiger partial charge < -0.3 is 4.57 Å². The van der Waals surface area contributed by atoms with E-state index in [-0.39, 0.29) is 0 Å². The molecule has 1 aliphatic heterocycles. The third kappa shape index (κ3) is 3.01. The van der Waals surface area contributed by atoms with Gasteiger partial charge >= 0.3 is 0 Å². The molecule has 21 heavy (non-hydrogen) atoms. The quantitative estimate of drug-likeness (QED) is 0.816. The second-order valence-electron chi connectivity index (χ2n) is 7.29. The molecule has 2 nitrogen and oxygen atoms in total. The van der Waals surface area contributed by atoms with E-state index in [1.54, 1.807) is 0 Å². The minimum absolute atomic E-state index is 0.794. The summed E-state index contributed by atoms with van der Waals surface area (Å²) >= 11 is 0. The van der Waals surface area contributed by atoms with Gasteiger partial charge in [0.05, 0.1) is 0 Å². The number of rotatable bonds is 3. The van der Waals surface area contributed by atoms with Gasteiger partial charge in [0, 0.05) is 37.9 Å². The van der Waals surface area contributed by atoms with Crippen LogP contribution in [0.1, 0.15) is 32.9 Å². The molecule has 2 unspecified atom stereocenters. The van der Waals surface area contributed by atoms with Crippen molar-refractivity contribution in [1.29, 1.82) is 0 Å². The molecule has 0 amide bonds. The van der Waals surface area contributed by atoms with Gasteiger partial charge in [-0.2, -0.15) is 0 Å². The second-order valence-corrected chi connectivity index (χ2v) is 7.29. The lowest BCUT2D eigenvalue weighted by molar-refractivity contribution is 0.0997. The van der Waals surface area contributed by atoms with Crippen LogP contribution in [0.3, 0.4) is 0 Å². The number of aromatic nitrogens is 1. The number of fused-ring (bicyclic) bond motifs is 1. The number of para-hydroxylation sites is 1. The topological polar surface area (TPSA) is 8.17 Å². The van der Waals surface area contributed by atoms with Crippen molar-refractivity contribution >= 4 is 10.9 Å². The highest BCUT2D eigenvalue weighted by Crippen LogP contribution is 2.29. The van der Waals surface area contributed by atoms with Crippen LogP contribution in [0.4, 0.5) is 0 Å². The van der Waals surface area contributed by atoms with Crippen LogP contribution in [0.25, 0.3) is 10.9 Å². The van der Waals surface area contributed by atoms with Crippen molar-refractivity contribution in [3.8, 4) is 0 Å². The Bertz CT molecular complexity index is 611. The fourth-order valence-corrected chi connectivity index (χ4v) is 3.85. The normalized spacial score (nSPS) is 24.0. The lowest BCUT2D eigenvalue weighted by atomic mass is 9.83. The fourth-order valence-electron chi connectivity index (χ4n) is 3.85. The third-order valence-electron chi connectivity index (χ3n) is 5.15. The van der Waals surface area contributed by atoms with E-state index in [1.807, 2.05) is 0 Å². The highest BCUT2D eigenvalue weighted by molar-refractivity contribution is 5.81. The van der Waals surface area contributed by atoms with Gasteiger partial charge in [-0.05, 0) is 41.7 Å². The Morgan fingerprint density at radius 3 is 2.67 bits per heavy atom. The molecule has 0 aliphatic carbocycles. The van der Waals surface area contributed by atoms with Gasteiger partial charge in [-0.15, -0.1) is 0 Å². The molecule has 0 N–H and O–H groups in total. The molecule has 0 bridgehead atoms. The number of likely N-dealkylation sites (tertiary alicyclic amines) is 1. The standard InChI is InChI=1S/C19H28N2/c1-14(2)17-9-15(3)11-21(12-17)13-18-10-16-7-5-6-8-19(16)20(18)4/h5-8,10,14-15,17H,9,11-13H2,1-4H3. The van der Waals surface area contributed by atoms with Crippen molar-refractivity contribution in [3.05, 3.63) is 36.0 Å². The van der Waals surface area contributed by atoms with Gasteiger partial charge in [0.2, 0.25) is 0 Å². The average molecular weight is 284 g/mol. The summed E-state index contributed by atoms with van der Waals surface area (Å²) in [5.41, 5.74) is 2.78. The number of piperidine rings is 1. The number of benzene rings is 1. The molecule has 0 spiro atoms. The van der Waals surface area contributed by atoms with Crippen LogP contribution in [-0.4, -0.2) is 22.6 Å². The summed E-state index contributed by atoms with van der Waals surface area (Å²) in [6.45, 7) is 10.7. The lowest BCUT2D eigenvalue weighted by Gasteiger charge is -2.38. The summed E-state index contributed by atoms with van der Waals surface area (Å²) in [6.07, 6.45) is 1.39. The predicted molar refractivity (Wildman–Crippen MR) is 90.3 cm³/mol. The maximum atomic E-state index is 2.66. The number of hydrogen-bond acceptors (Lipinski definition) is 1. The maximum Gasteiger partial charge on any atom is 0.0480 e. The first-order valence-corrected chi connectivity index (χ1v) is 8.30. The fraction of sp³-hybridized carbons (Fsp3) is 0.579. The maximum absolute atomic E-state index is 2.66. The monoisotopic (exact) mass is 284 g/mol. The van der Waals surface area contributed by atoms with E-state index in [1.165, 1.54) is 36.1 Å². The van der Waals surface area contributed by atoms with Gasteiger partial charge in [-0.25, -0.2) is 0 Å². The molecular weight excluding hydrogens is 256 g/mol. The van der Waals surface area contributed by atoms with E-state index in [2.05, 4.69) is 67.6 Å². The van der Waals surface area contributed by atoms with Crippen LogP contribution in [0.2, 0.25) is 0 Å². The van der Waals surface area contributed by atoms with Crippen molar-refractivity contribution in [1.82, 2.24) is 9.47 Å². The minimum atomic E-state index is 0.794. The molecule has 0 saturated carbocycles. The van der Waals surface area contributed by atoms with Crippen molar-refractivity contribution in [3.63, 3.8) is 0 Å². The first-order chi connectivity index (χ1) is 10.0. The Kier molecular flexibility index (Phi) is 4.08. The Labute approximate surface area is 128 Å². The first-order valence-electron chi connectivity index (χ1n) is 8.30. The van der Waals surface area contributed by atoms with E-state index in [0.29, 0.717) is 0 Å². The molecule has 1 aromatic heterocycles. The summed E-state index contributed by atoms with van der Waals surface area (Å²) in [6, 6.07) is 11.1. The molecule has 2 heteroatoms. The molecule has 1 aromatic carbocycles. The molecule has 1 saturated heterocycles. The predicted octanol–water partition coefficient (Wildman–Crippen LogP) is 4.29. The molecular formula is C19H28N2. The largest absolute Gasteiger partial charge is 0.346 e. The molecule has 0 radical (unpaired) electrons. The van der Waals surface area contributed by atoms with Gasteiger partial charge in [0.15, 0.2) is 0 Å². The molecule has 2 heterocycles. The Morgan fingerprint density at radius 1 is 1.19 bits per heavy atom. The van der Waals surface area contributed by atoms with Crippen LogP contribution in [0.5, 0.6) is 0 Å². The van der Waals surface area contributed by atoms with E-state index >= 15 is 0 Å². The van der Waals surface area contributed by atoms with Gasteiger partial charge in [0.1, 0.15) is 0 Å². The third-order valence-corrected chi connectivity index (χ3v) is 5.15. The number of aryl methyl sites for hydroxylation is 1. The zero-order valence-corrected chi connectivity index (χ0v) is 13.8. The number of hydrogen-bond donors (Lipinski definition) is 0. The summed E-state index contributed by atoms with van der Waals surface area (Å²) in [7, 11) is 2.20. The smallest absolute Gasteiger partial charge is 0.0480 e. The van der Waals surface area contributed by atoms with Crippen molar-refractivity contribution in [2.24, 2.45) is 24.8 Å². The summed E-state index contributed by atoms with van der Waals surface area (Å²) in [5.74, 6) is 2.46. The van der Waals surface area contributed by atoms with E-state index in [9.17, 15) is 0 Å². The van der Waals surface area contributed by atoms with Gasteiger partial charge in [-0.1, -0.05) is 39.0 Å². The molecule has 2 aromatic rings. The number of nitrogens with zero attached hydrogens (tertiary/aromatic N) is 2. The minimum Gasteiger partial charge on any atom is -0.346 e. The van der Waals surface area contributed by atoms with Crippen LogP contribution in [0, 0.1) is 17.8 Å². The van der Waals surface area contributed by atoms with E-state index in [4.69, 9.17) is 0 Å². The second kappa shape index (κ2) is 5.84. The first kappa shape index (κ1) is 14.6. The Balaban J connectivity index is 1.79. The Morgan fingerprint density at radius 2 is 1.95 bits per heavy atom. The SMILES string of the molecule is CC1CC(C(C)C)CN(Cc2cc3ccccc3n2C)C1. The van der Waals surface area contributed by atoms with E-state index in [0.717, 1.165) is 24.3 Å². The van der Waals surface area contributed by atoms with Crippen LogP contribution >= 0.6 is 0 Å². The molecule has 1 fully saturated rings. The molecule has 3 rings (SSSR count). The van der Waals surface area contributed by atoms with Crippen LogP contribution < -0.4 is 0 Å². The highest BCUT2D eigenvalue weighted by Gasteiger charge is 2.27. The zero-order valence-electron chi connectivity index (χ0n) is 13.8. The molecule has 2 atom stereocenters. The average Bonchev–Trinajstić information content (AvgIpc) is 2.75. The van der Waals surface area contributed by atoms with Gasteiger partial charge in [-0.3, -0.25) is 4.90 Å². The highest BCUT2D eigenvalue weighted by atomic mass is 15.2. The zero-order chi connectivity index (χ0) is 15.0. The molecule has 114 valence electrons. The van der Waals surface area contributed by atoms with Crippen molar-refractivity contribution < 1.29 is 0 Å². The van der Waals surface area contributed by atoms with Crippen LogP contribution in [0.15, 0.2) is 30.3 Å². The van der Waals surface area contributed by atoms with Crippen molar-refractivity contribution in [2.75, 3.05) is 13.1 Å².